The van der Waals surface area contributed by atoms with Crippen molar-refractivity contribution in [2.45, 2.75) is 34.1 Å². The highest BCUT2D eigenvalue weighted by atomic mass is 32.1. The Balaban J connectivity index is 2.95. The lowest BCUT2D eigenvalue weighted by Gasteiger charge is -1.98. The lowest BCUT2D eigenvalue weighted by molar-refractivity contribution is 0.661. The van der Waals surface area contributed by atoms with Crippen molar-refractivity contribution >= 4 is 16.9 Å². The summed E-state index contributed by atoms with van der Waals surface area (Å²) in [4.78, 5) is 5.63. The number of hydrogen-bond acceptors (Lipinski definition) is 2. The molecule has 0 atom stereocenters. The number of halogens is 1. The number of allylic oxidation sites excluding steroid dienone is 6. The van der Waals surface area contributed by atoms with Gasteiger partial charge in [-0.2, -0.15) is 0 Å². The van der Waals surface area contributed by atoms with Crippen LogP contribution in [0.1, 0.15) is 35.8 Å². The van der Waals surface area contributed by atoms with Crippen LogP contribution >= 0.6 is 11.3 Å². The quantitative estimate of drug-likeness (QED) is 0.687. The summed E-state index contributed by atoms with van der Waals surface area (Å²) in [5.74, 6) is -0.198. The maximum absolute atomic E-state index is 13.3. The average molecular weight is 251 g/mol. The van der Waals surface area contributed by atoms with Gasteiger partial charge in [0.2, 0.25) is 0 Å². The molecular formula is C14H18FNS. The first-order valence-corrected chi connectivity index (χ1v) is 6.54. The van der Waals surface area contributed by atoms with Gasteiger partial charge >= 0.3 is 0 Å². The molecule has 1 aromatic rings. The zero-order valence-corrected chi connectivity index (χ0v) is 11.6. The zero-order valence-electron chi connectivity index (χ0n) is 10.7. The van der Waals surface area contributed by atoms with E-state index in [1.807, 2.05) is 33.8 Å². The van der Waals surface area contributed by atoms with Gasteiger partial charge in [-0.15, -0.1) is 11.3 Å². The van der Waals surface area contributed by atoms with Crippen LogP contribution in [-0.2, 0) is 0 Å². The van der Waals surface area contributed by atoms with Gasteiger partial charge in [0.05, 0.1) is 10.7 Å². The molecule has 0 bridgehead atoms. The molecule has 0 spiro atoms. The molecule has 1 heterocycles. The minimum absolute atomic E-state index is 0.198. The van der Waals surface area contributed by atoms with Crippen molar-refractivity contribution in [3.63, 3.8) is 0 Å². The first kappa shape index (κ1) is 13.8. The van der Waals surface area contributed by atoms with E-state index in [0.29, 0.717) is 6.42 Å². The van der Waals surface area contributed by atoms with Gasteiger partial charge in [0, 0.05) is 4.88 Å². The fourth-order valence-corrected chi connectivity index (χ4v) is 2.38. The Morgan fingerprint density at radius 1 is 1.35 bits per heavy atom. The summed E-state index contributed by atoms with van der Waals surface area (Å²) in [5, 5.41) is 1.04. The van der Waals surface area contributed by atoms with Crippen LogP contribution in [0, 0.1) is 13.8 Å². The predicted octanol–water partition coefficient (Wildman–Crippen LogP) is 4.98. The zero-order chi connectivity index (χ0) is 12.8. The third kappa shape index (κ3) is 3.93. The maximum Gasteiger partial charge on any atom is 0.119 e. The number of rotatable bonds is 4. The summed E-state index contributed by atoms with van der Waals surface area (Å²) in [6.07, 6.45) is 7.49. The summed E-state index contributed by atoms with van der Waals surface area (Å²) in [5.41, 5.74) is 1.92. The van der Waals surface area contributed by atoms with Crippen LogP contribution in [-0.4, -0.2) is 4.98 Å². The maximum atomic E-state index is 13.3. The topological polar surface area (TPSA) is 12.9 Å². The van der Waals surface area contributed by atoms with E-state index in [2.05, 4.69) is 4.98 Å². The van der Waals surface area contributed by atoms with Crippen molar-refractivity contribution in [1.82, 2.24) is 4.98 Å². The molecule has 0 radical (unpaired) electrons. The molecule has 3 heteroatoms. The summed E-state index contributed by atoms with van der Waals surface area (Å²) in [6, 6.07) is 0. The first-order chi connectivity index (χ1) is 8.08. The van der Waals surface area contributed by atoms with Gasteiger partial charge < -0.3 is 0 Å². The molecule has 0 aliphatic carbocycles. The molecule has 17 heavy (non-hydrogen) atoms. The van der Waals surface area contributed by atoms with Crippen LogP contribution in [0.3, 0.4) is 0 Å². The molecule has 0 aromatic carbocycles. The van der Waals surface area contributed by atoms with Crippen LogP contribution in [0.2, 0.25) is 0 Å². The van der Waals surface area contributed by atoms with Gasteiger partial charge in [-0.25, -0.2) is 9.37 Å². The lowest BCUT2D eigenvalue weighted by atomic mass is 10.1. The Morgan fingerprint density at radius 2 is 2.06 bits per heavy atom. The largest absolute Gasteiger partial charge is 0.241 e. The van der Waals surface area contributed by atoms with Crippen LogP contribution in [0.15, 0.2) is 30.1 Å². The van der Waals surface area contributed by atoms with Crippen LogP contribution in [0.25, 0.3) is 5.57 Å². The Morgan fingerprint density at radius 3 is 2.53 bits per heavy atom. The Bertz CT molecular complexity index is 467. The van der Waals surface area contributed by atoms with E-state index in [-0.39, 0.29) is 5.83 Å². The fraction of sp³-hybridized carbons (Fsp3) is 0.357. The highest BCUT2D eigenvalue weighted by molar-refractivity contribution is 7.11. The minimum Gasteiger partial charge on any atom is -0.241 e. The number of aromatic nitrogens is 1. The normalized spacial score (nSPS) is 13.7. The van der Waals surface area contributed by atoms with Gasteiger partial charge in [-0.3, -0.25) is 0 Å². The van der Waals surface area contributed by atoms with Crippen molar-refractivity contribution in [3.8, 4) is 0 Å². The van der Waals surface area contributed by atoms with Crippen LogP contribution in [0.5, 0.6) is 0 Å². The van der Waals surface area contributed by atoms with E-state index >= 15 is 0 Å². The van der Waals surface area contributed by atoms with Gasteiger partial charge in [0.25, 0.3) is 0 Å². The average Bonchev–Trinajstić information content (AvgIpc) is 2.59. The second-order valence-corrected chi connectivity index (χ2v) is 5.12. The van der Waals surface area contributed by atoms with E-state index in [1.165, 1.54) is 11.0 Å². The van der Waals surface area contributed by atoms with Crippen molar-refractivity contribution in [2.24, 2.45) is 0 Å². The molecule has 0 aliphatic rings. The summed E-state index contributed by atoms with van der Waals surface area (Å²) in [6.45, 7) is 7.87. The Labute approximate surface area is 106 Å². The summed E-state index contributed by atoms with van der Waals surface area (Å²) in [7, 11) is 0. The molecule has 0 aliphatic heterocycles. The Hall–Kier alpha value is -1.22. The van der Waals surface area contributed by atoms with Crippen molar-refractivity contribution in [2.75, 3.05) is 0 Å². The molecule has 0 unspecified atom stereocenters. The molecule has 0 fully saturated rings. The molecular weight excluding hydrogens is 233 g/mol. The molecule has 1 rings (SSSR count). The second-order valence-electron chi connectivity index (χ2n) is 3.71. The summed E-state index contributed by atoms with van der Waals surface area (Å²) >= 11 is 1.66. The third-order valence-electron chi connectivity index (χ3n) is 2.31. The van der Waals surface area contributed by atoms with Crippen molar-refractivity contribution in [3.05, 3.63) is 45.7 Å². The van der Waals surface area contributed by atoms with Gasteiger partial charge in [0.15, 0.2) is 0 Å². The van der Waals surface area contributed by atoms with Gasteiger partial charge in [-0.1, -0.05) is 19.1 Å². The molecule has 92 valence electrons. The number of nitrogens with zero attached hydrogens (tertiary/aromatic N) is 1. The third-order valence-corrected chi connectivity index (χ3v) is 3.20. The van der Waals surface area contributed by atoms with E-state index in [4.69, 9.17) is 0 Å². The number of hydrogen-bond donors (Lipinski definition) is 0. The van der Waals surface area contributed by atoms with Crippen molar-refractivity contribution < 1.29 is 4.39 Å². The molecule has 1 aromatic heterocycles. The molecule has 0 amide bonds. The number of aryl methyl sites for hydroxylation is 2. The van der Waals surface area contributed by atoms with E-state index in [0.717, 1.165) is 16.3 Å². The highest BCUT2D eigenvalue weighted by Crippen LogP contribution is 2.24. The van der Waals surface area contributed by atoms with Crippen molar-refractivity contribution in [1.29, 1.82) is 0 Å². The Kier molecular flexibility index (Phi) is 5.29. The SMILES string of the molecule is C\C=C(/C=C\C(F)=C\CC)c1nc(C)sc1C. The minimum atomic E-state index is -0.198. The molecule has 0 saturated carbocycles. The highest BCUT2D eigenvalue weighted by Gasteiger charge is 2.07. The monoisotopic (exact) mass is 251 g/mol. The molecule has 1 nitrogen and oxygen atoms in total. The van der Waals surface area contributed by atoms with E-state index in [1.54, 1.807) is 23.5 Å². The molecule has 0 saturated heterocycles. The van der Waals surface area contributed by atoms with Gasteiger partial charge in [-0.05, 0) is 44.9 Å². The first-order valence-electron chi connectivity index (χ1n) is 5.73. The summed E-state index contributed by atoms with van der Waals surface area (Å²) < 4.78 is 13.3. The fourth-order valence-electron chi connectivity index (χ4n) is 1.54. The molecule has 0 N–H and O–H groups in total. The lowest BCUT2D eigenvalue weighted by Crippen LogP contribution is -1.84. The second kappa shape index (κ2) is 6.50. The van der Waals surface area contributed by atoms with Crippen LogP contribution < -0.4 is 0 Å². The van der Waals surface area contributed by atoms with E-state index in [9.17, 15) is 4.39 Å². The smallest absolute Gasteiger partial charge is 0.119 e. The van der Waals surface area contributed by atoms with Crippen LogP contribution in [0.4, 0.5) is 4.39 Å². The van der Waals surface area contributed by atoms with Gasteiger partial charge in [0.1, 0.15) is 5.83 Å². The predicted molar refractivity (Wildman–Crippen MR) is 73.9 cm³/mol. The van der Waals surface area contributed by atoms with E-state index < -0.39 is 0 Å². The standard InChI is InChI=1S/C14H18FNS/c1-5-7-13(15)9-8-12(6-2)14-10(3)17-11(4)16-14/h6-9H,5H2,1-4H3/b9-8-,12-6+,13-7-. The number of thiazole rings is 1.